The van der Waals surface area contributed by atoms with E-state index in [0.29, 0.717) is 36.7 Å². The van der Waals surface area contributed by atoms with E-state index >= 15 is 0 Å². The Hall–Kier alpha value is -9.78. The number of thiazole rings is 4. The molecule has 0 atom stereocenters. The van der Waals surface area contributed by atoms with Gasteiger partial charge in [0.1, 0.15) is 26.4 Å². The molecule has 0 bridgehead atoms. The summed E-state index contributed by atoms with van der Waals surface area (Å²) >= 11 is 14.2. The van der Waals surface area contributed by atoms with Crippen molar-refractivity contribution in [2.24, 2.45) is 28.2 Å². The molecule has 36 nitrogen and oxygen atoms in total. The van der Waals surface area contributed by atoms with Gasteiger partial charge in [-0.15, -0.1) is 39.1 Å². The van der Waals surface area contributed by atoms with E-state index in [9.17, 15) is 23.6 Å². The number of rotatable bonds is 16. The summed E-state index contributed by atoms with van der Waals surface area (Å²) in [5.74, 6) is -0.215. The molecule has 12 rings (SSSR count). The quantitative estimate of drug-likeness (QED) is 0.129. The van der Waals surface area contributed by atoms with Crippen molar-refractivity contribution in [2.75, 3.05) is 0 Å². The molecule has 426 valence electrons. The van der Waals surface area contributed by atoms with E-state index in [1.54, 1.807) is 16.8 Å². The molecule has 12 aromatic rings. The second kappa shape index (κ2) is 27.1. The summed E-state index contributed by atoms with van der Waals surface area (Å²) < 4.78 is 73.8. The van der Waals surface area contributed by atoms with Crippen LogP contribution in [0.1, 0.15) is 27.7 Å². The van der Waals surface area contributed by atoms with Crippen molar-refractivity contribution >= 4 is 72.9 Å². The van der Waals surface area contributed by atoms with E-state index in [1.807, 2.05) is 0 Å². The van der Waals surface area contributed by atoms with Crippen molar-refractivity contribution in [2.45, 2.75) is 26.4 Å². The van der Waals surface area contributed by atoms with Gasteiger partial charge in [-0.25, -0.2) is 43.5 Å². The molecule has 0 aromatic carbocycles. The Kier molecular flexibility index (Phi) is 17.2. The van der Waals surface area contributed by atoms with Gasteiger partial charge < -0.3 is 18.9 Å². The molecular formula is C40H33BrClFN28O8S4. The highest BCUT2D eigenvalue weighted by Gasteiger charge is 2.21. The zero-order valence-electron chi connectivity index (χ0n) is 46.1. The first-order chi connectivity index (χ1) is 41.8. The third-order valence-corrected chi connectivity index (χ3v) is 13.5. The van der Waals surface area contributed by atoms with Crippen LogP contribution in [0, 0.1) is 5.82 Å². The molecule has 0 aliphatic rings. The van der Waals surface area contributed by atoms with Crippen LogP contribution in [0.15, 0.2) is 101 Å². The average Bonchev–Trinajstić information content (AvgIpc) is 2.60. The van der Waals surface area contributed by atoms with Crippen LogP contribution in [0.4, 0.5) is 4.39 Å². The fourth-order valence-corrected chi connectivity index (χ4v) is 8.33. The minimum absolute atomic E-state index is 0.000343. The molecule has 83 heavy (non-hydrogen) atoms. The van der Waals surface area contributed by atoms with E-state index in [0.717, 1.165) is 55.0 Å². The van der Waals surface area contributed by atoms with Gasteiger partial charge in [0.2, 0.25) is 0 Å². The standard InChI is InChI=1S/C10H8BrN7O2S.C10H8ClN7O2S.C10H8FN7O2S.C10H9N7O2S/c3*1-17-10(19)18(16-15-17)8-6(7(11)4-13-14-8)5-20-9-12-2-3-21-9;1-16-10(18)17(15-14-16)8-7(2-3-12-13-8)6-19-9-11-4-5-20-9/h3*2-4H,5H2,1H3;2-5H,6H2,1H3/i3*2T;4T. The van der Waals surface area contributed by atoms with Crippen LogP contribution in [-0.2, 0) is 54.6 Å². The lowest BCUT2D eigenvalue weighted by atomic mass is 10.3. The van der Waals surface area contributed by atoms with Gasteiger partial charge >= 0.3 is 22.8 Å². The van der Waals surface area contributed by atoms with Crippen LogP contribution in [0.25, 0.3) is 23.3 Å². The van der Waals surface area contributed by atoms with Gasteiger partial charge in [-0.3, -0.25) is 0 Å². The van der Waals surface area contributed by atoms with Gasteiger partial charge in [0, 0.05) is 84.4 Å². The zero-order valence-corrected chi connectivity index (χ0v) is 47.7. The van der Waals surface area contributed by atoms with E-state index in [4.69, 9.17) is 36.0 Å². The second-order valence-electron chi connectivity index (χ2n) is 15.2. The van der Waals surface area contributed by atoms with E-state index < -0.39 is 28.6 Å². The highest BCUT2D eigenvalue weighted by molar-refractivity contribution is 9.10. The number of nitrogens with zero attached hydrogens (tertiary/aromatic N) is 28. The number of aryl methyl sites for hydroxylation is 4. The van der Waals surface area contributed by atoms with Gasteiger partial charge in [-0.05, 0) is 63.7 Å². The van der Waals surface area contributed by atoms with Crippen LogP contribution in [0.2, 0.25) is 5.02 Å². The van der Waals surface area contributed by atoms with Crippen molar-refractivity contribution in [1.82, 2.24) is 140 Å². The lowest BCUT2D eigenvalue weighted by molar-refractivity contribution is 0.296. The van der Waals surface area contributed by atoms with Crippen LogP contribution < -0.4 is 41.7 Å². The largest absolute Gasteiger partial charge is 0.465 e. The van der Waals surface area contributed by atoms with Gasteiger partial charge in [-0.1, -0.05) is 56.9 Å². The molecule has 0 aliphatic carbocycles. The lowest BCUT2D eigenvalue weighted by Crippen LogP contribution is -2.24. The summed E-state index contributed by atoms with van der Waals surface area (Å²) in [6.45, 7) is -0.0332. The van der Waals surface area contributed by atoms with Gasteiger partial charge in [0.15, 0.2) is 29.1 Å². The Bertz CT molecular complexity index is 4260. The Morgan fingerprint density at radius 2 is 0.855 bits per heavy atom. The van der Waals surface area contributed by atoms with Gasteiger partial charge in [-0.2, -0.15) is 39.1 Å². The SMILES string of the molecule is [3H]c1csc(OCc2c(Br)cnnc2-n2nnn(C)c2=O)n1.[3H]c1csc(OCc2c(Cl)cnnc2-n2nnn(C)c2=O)n1.[3H]c1csc(OCc2c(F)cnnc2-n2nnn(C)c2=O)n1.[3H]c1csc(OCc2ccnnc2-n2nnn(C)c2=O)n1. The molecule has 0 N–H and O–H groups in total. The van der Waals surface area contributed by atoms with Gasteiger partial charge in [0.05, 0.1) is 52.0 Å². The average molecular weight is 1300 g/mol. The van der Waals surface area contributed by atoms with Crippen molar-refractivity contribution < 1.29 is 28.8 Å². The highest BCUT2D eigenvalue weighted by atomic mass is 79.9. The summed E-state index contributed by atoms with van der Waals surface area (Å²) in [5, 5.41) is 67.0. The lowest BCUT2D eigenvalue weighted by Gasteiger charge is -2.08. The zero-order chi connectivity index (χ0) is 61.9. The molecule has 12 aromatic heterocycles. The Labute approximate surface area is 494 Å². The summed E-state index contributed by atoms with van der Waals surface area (Å²) in [5.41, 5.74) is -0.380. The summed E-state index contributed by atoms with van der Waals surface area (Å²) in [4.78, 5) is 63.0. The van der Waals surface area contributed by atoms with Crippen LogP contribution in [0.3, 0.4) is 0 Å². The molecule has 0 aliphatic heterocycles. The number of hydrogen-bond acceptors (Lipinski definition) is 32. The van der Waals surface area contributed by atoms with Crippen LogP contribution in [0.5, 0.6) is 20.8 Å². The first kappa shape index (κ1) is 52.6. The maximum atomic E-state index is 14.0. The van der Waals surface area contributed by atoms with Crippen molar-refractivity contribution in [3.05, 3.63) is 157 Å². The van der Waals surface area contributed by atoms with E-state index in [-0.39, 0.29) is 90.2 Å². The smallest absolute Gasteiger partial charge is 0.369 e. The molecule has 12 heterocycles. The molecule has 43 heteroatoms. The highest BCUT2D eigenvalue weighted by Crippen LogP contribution is 2.25. The van der Waals surface area contributed by atoms with Gasteiger partial charge in [0.25, 0.3) is 20.8 Å². The number of halogens is 3. The third kappa shape index (κ3) is 14.0. The first-order valence-electron chi connectivity index (χ1n) is 24.3. The number of aromatic nitrogens is 28. The fourth-order valence-electron chi connectivity index (χ4n) is 6.01. The maximum absolute atomic E-state index is 14.0. The number of tetrazole rings is 4. The molecular weight excluding hydrogens is 1260 g/mol. The topological polar surface area (TPSA) is 402 Å². The first-order valence-corrected chi connectivity index (χ1v) is 27.0. The van der Waals surface area contributed by atoms with Crippen LogP contribution >= 0.6 is 72.9 Å². The minimum atomic E-state index is -0.704. The fraction of sp³-hybridized carbons (Fsp3) is 0.200. The second-order valence-corrected chi connectivity index (χ2v) is 19.7. The molecule has 0 fully saturated rings. The Balaban J connectivity index is 0.000000138. The van der Waals surface area contributed by atoms with Crippen molar-refractivity contribution in [1.29, 1.82) is 0 Å². The maximum Gasteiger partial charge on any atom is 0.369 e. The molecule has 0 spiro atoms. The number of hydrogen-bond donors (Lipinski definition) is 0. The Morgan fingerprint density at radius 1 is 0.494 bits per heavy atom. The summed E-state index contributed by atoms with van der Waals surface area (Å²) in [6.07, 6.45) is 5.67. The molecule has 0 saturated heterocycles. The van der Waals surface area contributed by atoms with E-state index in [1.165, 1.54) is 91.6 Å². The monoisotopic (exact) mass is 1300 g/mol. The minimum Gasteiger partial charge on any atom is -0.465 e. The van der Waals surface area contributed by atoms with Crippen molar-refractivity contribution in [3.8, 4) is 44.0 Å². The molecule has 0 unspecified atom stereocenters. The normalized spacial score (nSPS) is 11.4. The molecule has 0 radical (unpaired) electrons. The van der Waals surface area contributed by atoms with Crippen molar-refractivity contribution in [3.63, 3.8) is 0 Å². The van der Waals surface area contributed by atoms with Crippen LogP contribution in [-0.4, -0.2) is 140 Å². The predicted molar refractivity (Wildman–Crippen MR) is 287 cm³/mol. The predicted octanol–water partition coefficient (Wildman–Crippen LogP) is 0.721. The molecule has 0 amide bonds. The van der Waals surface area contributed by atoms with E-state index in [2.05, 4.69) is 118 Å². The molecule has 0 saturated carbocycles. The summed E-state index contributed by atoms with van der Waals surface area (Å²) in [7, 11) is 5.84. The number of ether oxygens (including phenoxy) is 4. The Morgan fingerprint density at radius 3 is 1.28 bits per heavy atom. The third-order valence-electron chi connectivity index (χ3n) is 9.96. The summed E-state index contributed by atoms with van der Waals surface area (Å²) in [6, 6.07) is 1.67.